The molecule has 0 spiro atoms. The largest absolute Gasteiger partial charge is 0.377 e. The molecular weight excluding hydrogens is 262 g/mol. The van der Waals surface area contributed by atoms with Crippen LogP contribution in [0.4, 0.5) is 0 Å². The topological polar surface area (TPSA) is 36.9 Å². The highest BCUT2D eigenvalue weighted by molar-refractivity contribution is 5.81. The van der Waals surface area contributed by atoms with Gasteiger partial charge in [0.2, 0.25) is 0 Å². The van der Waals surface area contributed by atoms with E-state index in [1.807, 2.05) is 6.07 Å². The predicted molar refractivity (Wildman–Crippen MR) is 85.3 cm³/mol. The van der Waals surface area contributed by atoms with Crippen LogP contribution >= 0.6 is 0 Å². The normalized spacial score (nSPS) is 19.5. The fourth-order valence-corrected chi connectivity index (χ4v) is 2.73. The van der Waals surface area contributed by atoms with Crippen molar-refractivity contribution in [2.45, 2.75) is 25.9 Å². The lowest BCUT2D eigenvalue weighted by Crippen LogP contribution is -2.39. The summed E-state index contributed by atoms with van der Waals surface area (Å²) in [5.74, 6) is 1.06. The molecule has 0 radical (unpaired) electrons. The van der Waals surface area contributed by atoms with Crippen molar-refractivity contribution in [3.63, 3.8) is 0 Å². The summed E-state index contributed by atoms with van der Waals surface area (Å²) in [7, 11) is 2.10. The van der Waals surface area contributed by atoms with E-state index in [1.165, 1.54) is 18.4 Å². The first-order chi connectivity index (χ1) is 10.3. The molecule has 2 aliphatic rings. The van der Waals surface area contributed by atoms with Crippen molar-refractivity contribution in [2.75, 3.05) is 33.3 Å². The van der Waals surface area contributed by atoms with Crippen molar-refractivity contribution in [1.82, 2.24) is 10.2 Å². The number of likely N-dealkylation sites (N-methyl/N-ethyl adjacent to an activating group) is 1. The van der Waals surface area contributed by atoms with Crippen LogP contribution in [0.1, 0.15) is 24.8 Å². The molecule has 1 heterocycles. The minimum atomic E-state index is 0.447. The molecule has 0 aromatic heterocycles. The van der Waals surface area contributed by atoms with E-state index < -0.39 is 0 Å². The maximum absolute atomic E-state index is 5.82. The molecule has 0 bridgehead atoms. The van der Waals surface area contributed by atoms with Gasteiger partial charge in [-0.3, -0.25) is 4.99 Å². The third-order valence-corrected chi connectivity index (χ3v) is 4.53. The minimum Gasteiger partial charge on any atom is -0.377 e. The lowest BCUT2D eigenvalue weighted by molar-refractivity contribution is 0.104. The second kappa shape index (κ2) is 6.48. The molecule has 4 heteroatoms. The molecule has 114 valence electrons. The van der Waals surface area contributed by atoms with Crippen LogP contribution in [-0.4, -0.2) is 44.1 Å². The summed E-state index contributed by atoms with van der Waals surface area (Å²) >= 11 is 0. The maximum atomic E-state index is 5.82. The molecule has 0 amide bonds. The zero-order valence-electron chi connectivity index (χ0n) is 12.8. The van der Waals surface area contributed by atoms with Gasteiger partial charge in [0.1, 0.15) is 0 Å². The number of nitrogens with one attached hydrogen (secondary N) is 1. The van der Waals surface area contributed by atoms with Crippen molar-refractivity contribution in [2.24, 2.45) is 10.4 Å². The van der Waals surface area contributed by atoms with E-state index in [2.05, 4.69) is 46.5 Å². The van der Waals surface area contributed by atoms with Gasteiger partial charge >= 0.3 is 0 Å². The number of rotatable bonds is 7. The Balaban J connectivity index is 1.35. The Morgan fingerprint density at radius 3 is 2.76 bits per heavy atom. The predicted octanol–water partition coefficient (Wildman–Crippen LogP) is 2.26. The van der Waals surface area contributed by atoms with Crippen molar-refractivity contribution in [1.29, 1.82) is 0 Å². The molecule has 1 N–H and O–H groups in total. The average molecular weight is 287 g/mol. The number of guanidine groups is 1. The molecule has 0 saturated heterocycles. The van der Waals surface area contributed by atoms with Gasteiger partial charge in [-0.25, -0.2) is 0 Å². The summed E-state index contributed by atoms with van der Waals surface area (Å²) in [4.78, 5) is 6.68. The number of aliphatic imine (C=N–C) groups is 1. The van der Waals surface area contributed by atoms with E-state index in [-0.39, 0.29) is 0 Å². The first-order valence-corrected chi connectivity index (χ1v) is 7.89. The lowest BCUT2D eigenvalue weighted by atomic mass is 10.0. The van der Waals surface area contributed by atoms with Crippen LogP contribution in [0.15, 0.2) is 35.3 Å². The fraction of sp³-hybridized carbons (Fsp3) is 0.588. The monoisotopic (exact) mass is 287 g/mol. The lowest BCUT2D eigenvalue weighted by Gasteiger charge is -2.20. The Bertz CT molecular complexity index is 482. The molecule has 1 aromatic carbocycles. The third-order valence-electron chi connectivity index (χ3n) is 4.53. The van der Waals surface area contributed by atoms with Gasteiger partial charge in [-0.15, -0.1) is 0 Å². The fourth-order valence-electron chi connectivity index (χ4n) is 2.73. The van der Waals surface area contributed by atoms with Gasteiger partial charge in [-0.1, -0.05) is 30.3 Å². The van der Waals surface area contributed by atoms with Crippen molar-refractivity contribution < 1.29 is 4.74 Å². The Morgan fingerprint density at radius 2 is 2.10 bits per heavy atom. The summed E-state index contributed by atoms with van der Waals surface area (Å²) < 4.78 is 5.82. The molecule has 0 atom stereocenters. The number of benzene rings is 1. The van der Waals surface area contributed by atoms with Crippen LogP contribution in [0.3, 0.4) is 0 Å². The Hall–Kier alpha value is -1.55. The second-order valence-corrected chi connectivity index (χ2v) is 6.27. The van der Waals surface area contributed by atoms with Gasteiger partial charge in [0.05, 0.1) is 13.2 Å². The van der Waals surface area contributed by atoms with Crippen LogP contribution in [0.5, 0.6) is 0 Å². The summed E-state index contributed by atoms with van der Waals surface area (Å²) in [6, 6.07) is 10.4. The smallest absolute Gasteiger partial charge is 0.193 e. The van der Waals surface area contributed by atoms with E-state index in [0.717, 1.165) is 45.2 Å². The van der Waals surface area contributed by atoms with E-state index in [0.29, 0.717) is 5.41 Å². The first-order valence-electron chi connectivity index (χ1n) is 7.89. The van der Waals surface area contributed by atoms with E-state index in [1.54, 1.807) is 0 Å². The van der Waals surface area contributed by atoms with Gasteiger partial charge in [0.25, 0.3) is 0 Å². The summed E-state index contributed by atoms with van der Waals surface area (Å²) in [6.45, 7) is 4.56. The minimum absolute atomic E-state index is 0.447. The Labute approximate surface area is 127 Å². The van der Waals surface area contributed by atoms with Crippen LogP contribution in [0, 0.1) is 5.41 Å². The van der Waals surface area contributed by atoms with Crippen LogP contribution in [0.2, 0.25) is 0 Å². The molecule has 1 fully saturated rings. The summed E-state index contributed by atoms with van der Waals surface area (Å²) in [6.07, 6.45) is 3.77. The van der Waals surface area contributed by atoms with Gasteiger partial charge in [0, 0.05) is 26.7 Å². The zero-order chi connectivity index (χ0) is 14.5. The number of ether oxygens (including phenoxy) is 1. The molecule has 4 nitrogen and oxygen atoms in total. The average Bonchev–Trinajstić information content (AvgIpc) is 3.17. The highest BCUT2D eigenvalue weighted by atomic mass is 16.5. The molecule has 3 rings (SSSR count). The van der Waals surface area contributed by atoms with Crippen molar-refractivity contribution >= 4 is 5.96 Å². The number of hydrogen-bond donors (Lipinski definition) is 1. The van der Waals surface area contributed by atoms with Crippen molar-refractivity contribution in [3.05, 3.63) is 35.9 Å². The number of nitrogens with zero attached hydrogens (tertiary/aromatic N) is 2. The van der Waals surface area contributed by atoms with E-state index in [4.69, 9.17) is 4.74 Å². The zero-order valence-corrected chi connectivity index (χ0v) is 12.8. The SMILES string of the molecule is CN1CCN=C1NCC1(CCOCc2ccccc2)CC1. The molecule has 1 saturated carbocycles. The van der Waals surface area contributed by atoms with E-state index >= 15 is 0 Å². The van der Waals surface area contributed by atoms with Crippen LogP contribution in [-0.2, 0) is 11.3 Å². The molecule has 1 aliphatic carbocycles. The highest BCUT2D eigenvalue weighted by Crippen LogP contribution is 2.48. The molecular formula is C17H25N3O. The van der Waals surface area contributed by atoms with Crippen molar-refractivity contribution in [3.8, 4) is 0 Å². The standard InChI is InChI=1S/C17H25N3O/c1-20-11-10-18-16(20)19-14-17(7-8-17)9-12-21-13-15-5-3-2-4-6-15/h2-6H,7-14H2,1H3,(H,18,19). The van der Waals surface area contributed by atoms with Crippen LogP contribution < -0.4 is 5.32 Å². The van der Waals surface area contributed by atoms with Gasteiger partial charge in [-0.2, -0.15) is 0 Å². The Morgan fingerprint density at radius 1 is 1.29 bits per heavy atom. The van der Waals surface area contributed by atoms with E-state index in [9.17, 15) is 0 Å². The first kappa shape index (κ1) is 14.4. The maximum Gasteiger partial charge on any atom is 0.193 e. The van der Waals surface area contributed by atoms with Crippen LogP contribution in [0.25, 0.3) is 0 Å². The highest BCUT2D eigenvalue weighted by Gasteiger charge is 2.42. The van der Waals surface area contributed by atoms with Gasteiger partial charge in [0.15, 0.2) is 5.96 Å². The Kier molecular flexibility index (Phi) is 4.44. The summed E-state index contributed by atoms with van der Waals surface area (Å²) in [5, 5.41) is 3.51. The summed E-state index contributed by atoms with van der Waals surface area (Å²) in [5.41, 5.74) is 1.70. The molecule has 0 unspecified atom stereocenters. The molecule has 1 aliphatic heterocycles. The van der Waals surface area contributed by atoms with Gasteiger partial charge < -0.3 is 15.0 Å². The quantitative estimate of drug-likeness (QED) is 0.782. The third kappa shape index (κ3) is 3.97. The second-order valence-electron chi connectivity index (χ2n) is 6.27. The molecule has 21 heavy (non-hydrogen) atoms. The van der Waals surface area contributed by atoms with Gasteiger partial charge in [-0.05, 0) is 30.2 Å². The molecule has 1 aromatic rings. The number of hydrogen-bond acceptors (Lipinski definition) is 4.